The zero-order chi connectivity index (χ0) is 20.4. The fourth-order valence-electron chi connectivity index (χ4n) is 3.80. The summed E-state index contributed by atoms with van der Waals surface area (Å²) in [5, 5.41) is 4.00. The van der Waals surface area contributed by atoms with E-state index in [1.54, 1.807) is 6.33 Å². The van der Waals surface area contributed by atoms with Crippen LogP contribution in [0, 0.1) is 19.8 Å². The van der Waals surface area contributed by atoms with Crippen LogP contribution in [0.3, 0.4) is 0 Å². The molecular formula is C22H26N4O3. The average Bonchev–Trinajstić information content (AvgIpc) is 3.03. The summed E-state index contributed by atoms with van der Waals surface area (Å²) >= 11 is 0. The summed E-state index contributed by atoms with van der Waals surface area (Å²) in [5.41, 5.74) is 2.49. The van der Waals surface area contributed by atoms with Crippen molar-refractivity contribution in [2.45, 2.75) is 33.6 Å². The van der Waals surface area contributed by atoms with Crippen molar-refractivity contribution >= 4 is 28.5 Å². The minimum atomic E-state index is -0.0117. The molecule has 152 valence electrons. The predicted octanol–water partition coefficient (Wildman–Crippen LogP) is 4.09. The lowest BCUT2D eigenvalue weighted by Gasteiger charge is -2.32. The van der Waals surface area contributed by atoms with E-state index in [1.165, 1.54) is 0 Å². The molecule has 1 fully saturated rings. The molecule has 0 aliphatic carbocycles. The van der Waals surface area contributed by atoms with Crippen LogP contribution in [0.1, 0.15) is 31.1 Å². The van der Waals surface area contributed by atoms with Gasteiger partial charge in [-0.05, 0) is 57.9 Å². The minimum Gasteiger partial charge on any atom is -0.494 e. The van der Waals surface area contributed by atoms with Crippen molar-refractivity contribution in [3.8, 4) is 5.75 Å². The summed E-state index contributed by atoms with van der Waals surface area (Å²) in [4.78, 5) is 23.7. The van der Waals surface area contributed by atoms with Gasteiger partial charge in [0, 0.05) is 30.3 Å². The van der Waals surface area contributed by atoms with Gasteiger partial charge in [-0.15, -0.1) is 0 Å². The van der Waals surface area contributed by atoms with Gasteiger partial charge in [-0.2, -0.15) is 0 Å². The van der Waals surface area contributed by atoms with Crippen molar-refractivity contribution in [3.63, 3.8) is 0 Å². The number of rotatable bonds is 5. The molecule has 4 rings (SSSR count). The summed E-state index contributed by atoms with van der Waals surface area (Å²) < 4.78 is 11.2. The van der Waals surface area contributed by atoms with Crippen LogP contribution in [0.2, 0.25) is 0 Å². The molecule has 3 heterocycles. The highest BCUT2D eigenvalue weighted by atomic mass is 16.5. The highest BCUT2D eigenvalue weighted by Crippen LogP contribution is 2.32. The number of amides is 1. The van der Waals surface area contributed by atoms with E-state index in [9.17, 15) is 4.79 Å². The van der Waals surface area contributed by atoms with Crippen LogP contribution in [0.5, 0.6) is 5.75 Å². The zero-order valence-electron chi connectivity index (χ0n) is 17.1. The maximum atomic E-state index is 12.7. The van der Waals surface area contributed by atoms with Crippen LogP contribution < -0.4 is 15.0 Å². The van der Waals surface area contributed by atoms with Gasteiger partial charge >= 0.3 is 0 Å². The van der Waals surface area contributed by atoms with Crippen molar-refractivity contribution in [2.75, 3.05) is 29.9 Å². The number of carbonyl (C=O) groups is 1. The summed E-state index contributed by atoms with van der Waals surface area (Å²) in [5.74, 6) is 2.63. The number of fused-ring (bicyclic) bond motifs is 1. The van der Waals surface area contributed by atoms with Crippen LogP contribution in [-0.4, -0.2) is 35.6 Å². The number of hydrogen-bond donors (Lipinski definition) is 1. The summed E-state index contributed by atoms with van der Waals surface area (Å²) in [7, 11) is 0. The van der Waals surface area contributed by atoms with E-state index in [0.29, 0.717) is 12.3 Å². The number of aromatic nitrogens is 2. The topological polar surface area (TPSA) is 80.5 Å². The first-order chi connectivity index (χ1) is 14.1. The molecule has 7 nitrogen and oxygen atoms in total. The SMILES string of the molecule is CCOc1ccc(NC(=O)C2CCN(c3ncnc4oc(C)c(C)c34)CC2)cc1. The van der Waals surface area contributed by atoms with Gasteiger partial charge in [-0.3, -0.25) is 4.79 Å². The van der Waals surface area contributed by atoms with Gasteiger partial charge in [0.15, 0.2) is 0 Å². The van der Waals surface area contributed by atoms with Gasteiger partial charge in [0.05, 0.1) is 12.0 Å². The van der Waals surface area contributed by atoms with Crippen molar-refractivity contribution in [2.24, 2.45) is 5.92 Å². The molecule has 0 spiro atoms. The van der Waals surface area contributed by atoms with Crippen LogP contribution in [0.4, 0.5) is 11.5 Å². The number of hydrogen-bond acceptors (Lipinski definition) is 6. The third-order valence-electron chi connectivity index (χ3n) is 5.54. The molecule has 1 aromatic carbocycles. The summed E-state index contributed by atoms with van der Waals surface area (Å²) in [6, 6.07) is 7.49. The Balaban J connectivity index is 1.40. The number of aryl methyl sites for hydroxylation is 2. The fraction of sp³-hybridized carbons (Fsp3) is 0.409. The Bertz CT molecular complexity index is 1000. The maximum absolute atomic E-state index is 12.7. The molecule has 1 aliphatic rings. The molecular weight excluding hydrogens is 368 g/mol. The number of ether oxygens (including phenoxy) is 1. The van der Waals surface area contributed by atoms with E-state index in [1.807, 2.05) is 45.0 Å². The van der Waals surface area contributed by atoms with Gasteiger partial charge < -0.3 is 19.4 Å². The molecule has 0 saturated carbocycles. The Hall–Kier alpha value is -3.09. The van der Waals surface area contributed by atoms with E-state index in [2.05, 4.69) is 20.2 Å². The first-order valence-electron chi connectivity index (χ1n) is 10.1. The number of nitrogens with zero attached hydrogens (tertiary/aromatic N) is 3. The van der Waals surface area contributed by atoms with Gasteiger partial charge in [0.25, 0.3) is 0 Å². The zero-order valence-corrected chi connectivity index (χ0v) is 17.1. The van der Waals surface area contributed by atoms with E-state index < -0.39 is 0 Å². The summed E-state index contributed by atoms with van der Waals surface area (Å²) in [6.07, 6.45) is 3.11. The molecule has 29 heavy (non-hydrogen) atoms. The second-order valence-electron chi connectivity index (χ2n) is 7.37. The molecule has 1 aliphatic heterocycles. The first kappa shape index (κ1) is 19.2. The van der Waals surface area contributed by atoms with Crippen LogP contribution >= 0.6 is 0 Å². The van der Waals surface area contributed by atoms with E-state index in [0.717, 1.165) is 59.9 Å². The Morgan fingerprint density at radius 3 is 2.62 bits per heavy atom. The Morgan fingerprint density at radius 2 is 1.93 bits per heavy atom. The third-order valence-corrected chi connectivity index (χ3v) is 5.54. The molecule has 2 aromatic heterocycles. The van der Waals surface area contributed by atoms with Gasteiger partial charge in [0.1, 0.15) is 23.7 Å². The number of nitrogens with one attached hydrogen (secondary N) is 1. The van der Waals surface area contributed by atoms with E-state index >= 15 is 0 Å². The smallest absolute Gasteiger partial charge is 0.231 e. The largest absolute Gasteiger partial charge is 0.494 e. The molecule has 0 bridgehead atoms. The minimum absolute atomic E-state index is 0.0117. The van der Waals surface area contributed by atoms with Gasteiger partial charge in [-0.25, -0.2) is 9.97 Å². The van der Waals surface area contributed by atoms with Crippen LogP contribution in [0.15, 0.2) is 35.0 Å². The third kappa shape index (κ3) is 3.90. The number of anilines is 2. The van der Waals surface area contributed by atoms with Gasteiger partial charge in [0.2, 0.25) is 11.6 Å². The Labute approximate surface area is 170 Å². The quantitative estimate of drug-likeness (QED) is 0.702. The molecule has 0 unspecified atom stereocenters. The number of piperidine rings is 1. The van der Waals surface area contributed by atoms with E-state index in [-0.39, 0.29) is 11.8 Å². The fourth-order valence-corrected chi connectivity index (χ4v) is 3.80. The van der Waals surface area contributed by atoms with Crippen molar-refractivity contribution in [1.82, 2.24) is 9.97 Å². The molecule has 1 amide bonds. The molecule has 1 saturated heterocycles. The standard InChI is InChI=1S/C22H26N4O3/c1-4-28-18-7-5-17(6-8-18)25-21(27)16-9-11-26(12-10-16)20-19-14(2)15(3)29-22(19)24-13-23-20/h5-8,13,16H,4,9-12H2,1-3H3,(H,25,27). The summed E-state index contributed by atoms with van der Waals surface area (Å²) in [6.45, 7) is 8.10. The highest BCUT2D eigenvalue weighted by Gasteiger charge is 2.27. The lowest BCUT2D eigenvalue weighted by Crippen LogP contribution is -2.38. The van der Waals surface area contributed by atoms with Crippen molar-refractivity contribution in [3.05, 3.63) is 41.9 Å². The number of furan rings is 1. The van der Waals surface area contributed by atoms with Crippen LogP contribution in [-0.2, 0) is 4.79 Å². The van der Waals surface area contributed by atoms with Crippen molar-refractivity contribution in [1.29, 1.82) is 0 Å². The normalized spacial score (nSPS) is 14.9. The predicted molar refractivity (Wildman–Crippen MR) is 112 cm³/mol. The number of carbonyl (C=O) groups excluding carboxylic acids is 1. The van der Waals surface area contributed by atoms with Crippen LogP contribution in [0.25, 0.3) is 11.1 Å². The number of benzene rings is 1. The lowest BCUT2D eigenvalue weighted by atomic mass is 9.95. The highest BCUT2D eigenvalue weighted by molar-refractivity contribution is 5.93. The van der Waals surface area contributed by atoms with Gasteiger partial charge in [-0.1, -0.05) is 0 Å². The molecule has 3 aromatic rings. The maximum Gasteiger partial charge on any atom is 0.231 e. The Morgan fingerprint density at radius 1 is 1.21 bits per heavy atom. The van der Waals surface area contributed by atoms with E-state index in [4.69, 9.17) is 9.15 Å². The second kappa shape index (κ2) is 8.11. The average molecular weight is 394 g/mol. The molecule has 1 N–H and O–H groups in total. The molecule has 0 radical (unpaired) electrons. The second-order valence-corrected chi connectivity index (χ2v) is 7.37. The lowest BCUT2D eigenvalue weighted by molar-refractivity contribution is -0.120. The molecule has 7 heteroatoms. The first-order valence-corrected chi connectivity index (χ1v) is 10.1. The van der Waals surface area contributed by atoms with Crippen molar-refractivity contribution < 1.29 is 13.9 Å². The molecule has 0 atom stereocenters. The Kier molecular flexibility index (Phi) is 5.38. The monoisotopic (exact) mass is 394 g/mol.